The number of hydrogen-bond acceptors (Lipinski definition) is 5. The van der Waals surface area contributed by atoms with E-state index in [9.17, 15) is 9.90 Å². The van der Waals surface area contributed by atoms with Crippen LogP contribution in [-0.2, 0) is 0 Å². The highest BCUT2D eigenvalue weighted by Crippen LogP contribution is 2.26. The molecule has 3 rings (SSSR count). The van der Waals surface area contributed by atoms with Gasteiger partial charge in [-0.25, -0.2) is 4.98 Å². The molecule has 1 N–H and O–H groups in total. The van der Waals surface area contributed by atoms with E-state index in [-0.39, 0.29) is 12.5 Å². The van der Waals surface area contributed by atoms with E-state index in [4.69, 9.17) is 0 Å². The number of rotatable bonds is 4. The lowest BCUT2D eigenvalue weighted by atomic mass is 9.92. The molecular weight excluding hydrogens is 316 g/mol. The molecule has 1 unspecified atom stereocenters. The molecule has 2 aromatic heterocycles. The van der Waals surface area contributed by atoms with Crippen molar-refractivity contribution in [3.05, 3.63) is 54.0 Å². The van der Waals surface area contributed by atoms with Crippen LogP contribution in [0.2, 0.25) is 0 Å². The number of pyridine rings is 2. The van der Waals surface area contributed by atoms with Crippen LogP contribution in [0.3, 0.4) is 0 Å². The van der Waals surface area contributed by atoms with Crippen LogP contribution in [-0.4, -0.2) is 58.2 Å². The summed E-state index contributed by atoms with van der Waals surface area (Å²) < 4.78 is 0. The molecule has 0 aliphatic carbocycles. The van der Waals surface area contributed by atoms with Crippen LogP contribution in [0.25, 0.3) is 0 Å². The van der Waals surface area contributed by atoms with Crippen LogP contribution < -0.4 is 4.90 Å². The van der Waals surface area contributed by atoms with Crippen molar-refractivity contribution < 1.29 is 9.90 Å². The minimum atomic E-state index is -0.948. The van der Waals surface area contributed by atoms with Crippen LogP contribution in [0.1, 0.15) is 28.9 Å². The summed E-state index contributed by atoms with van der Waals surface area (Å²) in [5.74, 6) is 0.742. The van der Waals surface area contributed by atoms with Gasteiger partial charge in [-0.05, 0) is 44.0 Å². The molecule has 6 nitrogen and oxygen atoms in total. The standard InChI is InChI=1S/C19H24N4O2/c1-15-16(7-5-11-20-15)18(24)22(2)13-19(25)9-6-12-23(14-19)17-8-3-4-10-21-17/h3-5,7-8,10-11,25H,6,9,12-14H2,1-2H3. The van der Waals surface area contributed by atoms with Crippen LogP contribution in [0, 0.1) is 6.92 Å². The predicted octanol–water partition coefficient (Wildman–Crippen LogP) is 1.89. The molecule has 1 saturated heterocycles. The number of piperidine rings is 1. The maximum Gasteiger partial charge on any atom is 0.255 e. The Kier molecular flexibility index (Phi) is 4.99. The second-order valence-electron chi connectivity index (χ2n) is 6.73. The lowest BCUT2D eigenvalue weighted by Crippen LogP contribution is -2.55. The number of carbonyl (C=O) groups is 1. The Hall–Kier alpha value is -2.47. The minimum absolute atomic E-state index is 0.117. The van der Waals surface area contributed by atoms with E-state index in [0.29, 0.717) is 24.2 Å². The van der Waals surface area contributed by atoms with Gasteiger partial charge in [-0.2, -0.15) is 0 Å². The molecule has 0 aromatic carbocycles. The van der Waals surface area contributed by atoms with Crippen LogP contribution in [0.4, 0.5) is 5.82 Å². The highest BCUT2D eigenvalue weighted by atomic mass is 16.3. The summed E-state index contributed by atoms with van der Waals surface area (Å²) >= 11 is 0. The number of β-amino-alcohol motifs (C(OH)–C–C–N with tert-alkyl or cyclic N) is 1. The van der Waals surface area contributed by atoms with Gasteiger partial charge in [0.25, 0.3) is 5.91 Å². The molecule has 0 spiro atoms. The maximum atomic E-state index is 12.7. The molecule has 0 saturated carbocycles. The van der Waals surface area contributed by atoms with Crippen molar-refractivity contribution in [2.45, 2.75) is 25.4 Å². The van der Waals surface area contributed by atoms with E-state index >= 15 is 0 Å². The molecule has 1 aliphatic heterocycles. The Morgan fingerprint density at radius 2 is 2.08 bits per heavy atom. The van der Waals surface area contributed by atoms with Gasteiger partial charge in [0, 0.05) is 38.2 Å². The number of amides is 1. The Labute approximate surface area is 148 Å². The van der Waals surface area contributed by atoms with Crippen molar-refractivity contribution in [1.29, 1.82) is 0 Å². The Bertz CT molecular complexity index is 737. The molecule has 0 bridgehead atoms. The summed E-state index contributed by atoms with van der Waals surface area (Å²) in [7, 11) is 1.73. The van der Waals surface area contributed by atoms with Gasteiger partial charge in [-0.3, -0.25) is 9.78 Å². The van der Waals surface area contributed by atoms with Gasteiger partial charge < -0.3 is 14.9 Å². The minimum Gasteiger partial charge on any atom is -0.386 e. The van der Waals surface area contributed by atoms with E-state index in [1.807, 2.05) is 25.1 Å². The molecule has 0 radical (unpaired) electrons. The third-order valence-corrected chi connectivity index (χ3v) is 4.64. The number of aromatic nitrogens is 2. The largest absolute Gasteiger partial charge is 0.386 e. The molecule has 2 aromatic rings. The van der Waals surface area contributed by atoms with E-state index < -0.39 is 5.60 Å². The summed E-state index contributed by atoms with van der Waals surface area (Å²) in [5.41, 5.74) is 0.326. The number of nitrogens with zero attached hydrogens (tertiary/aromatic N) is 4. The van der Waals surface area contributed by atoms with E-state index in [1.54, 1.807) is 36.5 Å². The van der Waals surface area contributed by atoms with Crippen molar-refractivity contribution in [1.82, 2.24) is 14.9 Å². The molecule has 1 atom stereocenters. The second kappa shape index (κ2) is 7.19. The molecule has 3 heterocycles. The van der Waals surface area contributed by atoms with Gasteiger partial charge in [0.15, 0.2) is 0 Å². The molecular formula is C19H24N4O2. The number of aliphatic hydroxyl groups is 1. The van der Waals surface area contributed by atoms with E-state index in [2.05, 4.69) is 14.9 Å². The maximum absolute atomic E-state index is 12.7. The monoisotopic (exact) mass is 340 g/mol. The Balaban J connectivity index is 1.70. The fourth-order valence-corrected chi connectivity index (χ4v) is 3.41. The lowest BCUT2D eigenvalue weighted by molar-refractivity contribution is -0.000168. The third kappa shape index (κ3) is 3.96. The SMILES string of the molecule is Cc1ncccc1C(=O)N(C)CC1(O)CCCN(c2ccccn2)C1. The van der Waals surface area contributed by atoms with Gasteiger partial charge in [0.1, 0.15) is 5.82 Å². The molecule has 1 amide bonds. The fourth-order valence-electron chi connectivity index (χ4n) is 3.41. The predicted molar refractivity (Wildman–Crippen MR) is 96.6 cm³/mol. The lowest BCUT2D eigenvalue weighted by Gasteiger charge is -2.41. The topological polar surface area (TPSA) is 69.6 Å². The summed E-state index contributed by atoms with van der Waals surface area (Å²) in [6.07, 6.45) is 4.95. The Morgan fingerprint density at radius 1 is 1.28 bits per heavy atom. The average Bonchev–Trinajstić information content (AvgIpc) is 2.62. The fraction of sp³-hybridized carbons (Fsp3) is 0.421. The van der Waals surface area contributed by atoms with Gasteiger partial charge in [0.05, 0.1) is 17.7 Å². The molecule has 1 aliphatic rings. The van der Waals surface area contributed by atoms with Crippen LogP contribution in [0.15, 0.2) is 42.7 Å². The number of aryl methyl sites for hydroxylation is 1. The third-order valence-electron chi connectivity index (χ3n) is 4.64. The normalized spacial score (nSPS) is 20.4. The molecule has 25 heavy (non-hydrogen) atoms. The second-order valence-corrected chi connectivity index (χ2v) is 6.73. The van der Waals surface area contributed by atoms with E-state index in [1.165, 1.54) is 0 Å². The van der Waals surface area contributed by atoms with Crippen molar-refractivity contribution in [2.24, 2.45) is 0 Å². The first kappa shape index (κ1) is 17.4. The van der Waals surface area contributed by atoms with Crippen molar-refractivity contribution in [2.75, 3.05) is 31.6 Å². The van der Waals surface area contributed by atoms with Gasteiger partial charge in [0.2, 0.25) is 0 Å². The smallest absolute Gasteiger partial charge is 0.255 e. The first-order valence-corrected chi connectivity index (χ1v) is 8.54. The van der Waals surface area contributed by atoms with Gasteiger partial charge in [-0.15, -0.1) is 0 Å². The first-order valence-electron chi connectivity index (χ1n) is 8.54. The first-order chi connectivity index (χ1) is 12.0. The number of anilines is 1. The van der Waals surface area contributed by atoms with Crippen molar-refractivity contribution in [3.63, 3.8) is 0 Å². The van der Waals surface area contributed by atoms with Gasteiger partial charge in [-0.1, -0.05) is 6.07 Å². The number of likely N-dealkylation sites (N-methyl/N-ethyl adjacent to an activating group) is 1. The quantitative estimate of drug-likeness (QED) is 0.920. The van der Waals surface area contributed by atoms with Crippen molar-refractivity contribution in [3.8, 4) is 0 Å². The van der Waals surface area contributed by atoms with Crippen LogP contribution >= 0.6 is 0 Å². The zero-order valence-electron chi connectivity index (χ0n) is 14.7. The molecule has 6 heteroatoms. The number of carbonyl (C=O) groups excluding carboxylic acids is 1. The summed E-state index contributed by atoms with van der Waals surface area (Å²) in [6, 6.07) is 9.29. The van der Waals surface area contributed by atoms with Crippen molar-refractivity contribution >= 4 is 11.7 Å². The zero-order valence-corrected chi connectivity index (χ0v) is 14.7. The summed E-state index contributed by atoms with van der Waals surface area (Å²) in [6.45, 7) is 3.43. The van der Waals surface area contributed by atoms with Gasteiger partial charge >= 0.3 is 0 Å². The summed E-state index contributed by atoms with van der Waals surface area (Å²) in [4.78, 5) is 24.9. The van der Waals surface area contributed by atoms with Crippen LogP contribution in [0.5, 0.6) is 0 Å². The highest BCUT2D eigenvalue weighted by molar-refractivity contribution is 5.95. The summed E-state index contributed by atoms with van der Waals surface area (Å²) in [5, 5.41) is 11.1. The average molecular weight is 340 g/mol. The van der Waals surface area contributed by atoms with E-state index in [0.717, 1.165) is 18.8 Å². The molecule has 1 fully saturated rings. The zero-order chi connectivity index (χ0) is 17.9. The highest BCUT2D eigenvalue weighted by Gasteiger charge is 2.36. The number of hydrogen-bond donors (Lipinski definition) is 1. The molecule has 132 valence electrons. The Morgan fingerprint density at radius 3 is 2.80 bits per heavy atom.